The van der Waals surface area contributed by atoms with Crippen molar-refractivity contribution >= 4 is 34.7 Å². The third-order valence-corrected chi connectivity index (χ3v) is 6.27. The fourth-order valence-corrected chi connectivity index (χ4v) is 3.89. The average Bonchev–Trinajstić information content (AvgIpc) is 3.47. The van der Waals surface area contributed by atoms with E-state index < -0.39 is 23.5 Å². The van der Waals surface area contributed by atoms with Gasteiger partial charge in [-0.1, -0.05) is 29.1 Å². The van der Waals surface area contributed by atoms with Crippen molar-refractivity contribution < 1.29 is 38.2 Å². The van der Waals surface area contributed by atoms with Gasteiger partial charge in [-0.2, -0.15) is 0 Å². The maximum Gasteiger partial charge on any atom is 0.535 e. The summed E-state index contributed by atoms with van der Waals surface area (Å²) in [7, 11) is 1.81. The largest absolute Gasteiger partial charge is 0.535 e. The molecule has 0 saturated heterocycles. The Morgan fingerprint density at radius 2 is 1.39 bits per heavy atom. The van der Waals surface area contributed by atoms with Crippen LogP contribution in [0.3, 0.4) is 0 Å². The minimum atomic E-state index is -0.910. The molecule has 3 aromatic rings. The summed E-state index contributed by atoms with van der Waals surface area (Å²) in [5.41, 5.74) is 4.55. The number of ether oxygens (including phenoxy) is 4. The van der Waals surface area contributed by atoms with E-state index in [-0.39, 0.29) is 19.8 Å². The van der Waals surface area contributed by atoms with Crippen LogP contribution in [-0.2, 0) is 23.8 Å². The SMILES string of the molecule is CN1NN(OC(=O)OCCC(C)(C)OCCC(C)(C)OCCOC(=O)On2nnc3ccccc32)c2ccccc21. The van der Waals surface area contributed by atoms with E-state index in [2.05, 4.69) is 15.8 Å². The van der Waals surface area contributed by atoms with E-state index in [1.807, 2.05) is 65.1 Å². The fraction of sp³-hybridized carbons (Fsp3) is 0.481. The van der Waals surface area contributed by atoms with Crippen molar-refractivity contribution in [3.63, 3.8) is 0 Å². The number of rotatable bonds is 13. The molecule has 0 aliphatic carbocycles. The highest BCUT2D eigenvalue weighted by Crippen LogP contribution is 2.32. The minimum absolute atomic E-state index is 0.00347. The standard InChI is InChI=1S/C27H36N6O8/c1-26(2,14-16-36-24(34)41-33-23-13-9-8-12-22(23)31(5)30-33)38-17-15-27(3,4)39-19-18-37-25(35)40-32-21-11-7-6-10-20(21)28-29-32/h6-13,30H,14-19H2,1-5H3. The zero-order valence-electron chi connectivity index (χ0n) is 23.9. The first kappa shape index (κ1) is 29.8. The van der Waals surface area contributed by atoms with Crippen LogP contribution in [0.5, 0.6) is 0 Å². The summed E-state index contributed by atoms with van der Waals surface area (Å²) in [5.74, 6) is 0. The van der Waals surface area contributed by atoms with Crippen LogP contribution in [0.4, 0.5) is 21.0 Å². The quantitative estimate of drug-likeness (QED) is 0.181. The molecule has 0 fully saturated rings. The van der Waals surface area contributed by atoms with Crippen LogP contribution in [0, 0.1) is 0 Å². The van der Waals surface area contributed by atoms with E-state index in [1.165, 1.54) is 5.17 Å². The first-order chi connectivity index (χ1) is 19.5. The molecule has 0 unspecified atom stereocenters. The van der Waals surface area contributed by atoms with Gasteiger partial charge in [-0.15, -0.1) is 15.8 Å². The minimum Gasteiger partial charge on any atom is -0.433 e. The molecule has 0 spiro atoms. The molecule has 41 heavy (non-hydrogen) atoms. The lowest BCUT2D eigenvalue weighted by molar-refractivity contribution is -0.0869. The van der Waals surface area contributed by atoms with Crippen molar-refractivity contribution in [1.82, 2.24) is 20.7 Å². The Labute approximate surface area is 237 Å². The van der Waals surface area contributed by atoms with Crippen molar-refractivity contribution in [3.05, 3.63) is 48.5 Å². The molecule has 0 saturated carbocycles. The molecule has 4 rings (SSSR count). The molecular weight excluding hydrogens is 536 g/mol. The van der Waals surface area contributed by atoms with Gasteiger partial charge in [0, 0.05) is 13.5 Å². The van der Waals surface area contributed by atoms with Gasteiger partial charge in [0.05, 0.1) is 36.7 Å². The van der Waals surface area contributed by atoms with E-state index in [9.17, 15) is 9.59 Å². The fourth-order valence-electron chi connectivity index (χ4n) is 3.89. The Morgan fingerprint density at radius 1 is 0.780 bits per heavy atom. The molecular formula is C27H36N6O8. The van der Waals surface area contributed by atoms with Gasteiger partial charge in [-0.3, -0.25) is 14.7 Å². The predicted molar refractivity (Wildman–Crippen MR) is 148 cm³/mol. The van der Waals surface area contributed by atoms with E-state index in [4.69, 9.17) is 28.6 Å². The lowest BCUT2D eigenvalue weighted by Gasteiger charge is -2.29. The van der Waals surface area contributed by atoms with Crippen LogP contribution in [0.15, 0.2) is 48.5 Å². The summed E-state index contributed by atoms with van der Waals surface area (Å²) in [4.78, 5) is 35.5. The third kappa shape index (κ3) is 8.42. The second-order valence-electron chi connectivity index (χ2n) is 10.5. The number of carbonyl (C=O) groups is 2. The van der Waals surface area contributed by atoms with Gasteiger partial charge in [0.25, 0.3) is 0 Å². The molecule has 14 nitrogen and oxygen atoms in total. The molecule has 0 amide bonds. The number of hydrogen-bond donors (Lipinski definition) is 1. The molecule has 1 N–H and O–H groups in total. The Hall–Kier alpha value is -4.14. The average molecular weight is 573 g/mol. The first-order valence-corrected chi connectivity index (χ1v) is 13.2. The van der Waals surface area contributed by atoms with Crippen LogP contribution in [0.25, 0.3) is 11.0 Å². The second-order valence-corrected chi connectivity index (χ2v) is 10.5. The second kappa shape index (κ2) is 13.0. The van der Waals surface area contributed by atoms with Crippen molar-refractivity contribution in [1.29, 1.82) is 0 Å². The van der Waals surface area contributed by atoms with Gasteiger partial charge >= 0.3 is 12.3 Å². The van der Waals surface area contributed by atoms with Gasteiger partial charge in [0.15, 0.2) is 0 Å². The van der Waals surface area contributed by atoms with Gasteiger partial charge in [-0.05, 0) is 63.6 Å². The van der Waals surface area contributed by atoms with E-state index in [0.717, 1.165) is 10.5 Å². The normalized spacial score (nSPS) is 13.3. The third-order valence-electron chi connectivity index (χ3n) is 6.27. The monoisotopic (exact) mass is 572 g/mol. The molecule has 222 valence electrons. The van der Waals surface area contributed by atoms with Crippen molar-refractivity contribution in [2.45, 2.75) is 51.7 Å². The lowest BCUT2D eigenvalue weighted by Crippen LogP contribution is -2.43. The van der Waals surface area contributed by atoms with Crippen molar-refractivity contribution in [2.24, 2.45) is 0 Å². The summed E-state index contributed by atoms with van der Waals surface area (Å²) < 4.78 is 22.2. The molecule has 0 bridgehead atoms. The Morgan fingerprint density at radius 3 is 2.17 bits per heavy atom. The molecule has 1 aromatic heterocycles. The number of hydrazine groups is 2. The van der Waals surface area contributed by atoms with E-state index in [1.54, 1.807) is 23.2 Å². The van der Waals surface area contributed by atoms with Gasteiger partial charge in [0.1, 0.15) is 23.3 Å². The summed E-state index contributed by atoms with van der Waals surface area (Å²) in [6.45, 7) is 8.38. The zero-order valence-corrected chi connectivity index (χ0v) is 23.9. The number of benzene rings is 2. The number of carbonyl (C=O) groups excluding carboxylic acids is 2. The topological polar surface area (TPSA) is 139 Å². The number of anilines is 2. The van der Waals surface area contributed by atoms with Crippen LogP contribution >= 0.6 is 0 Å². The number of hydrogen-bond acceptors (Lipinski definition) is 13. The number of fused-ring (bicyclic) bond motifs is 2. The highest BCUT2D eigenvalue weighted by atomic mass is 16.8. The highest BCUT2D eigenvalue weighted by molar-refractivity contribution is 5.75. The summed E-state index contributed by atoms with van der Waals surface area (Å²) in [6.07, 6.45) is -0.687. The van der Waals surface area contributed by atoms with Crippen LogP contribution in [-0.4, -0.2) is 72.1 Å². The number of nitrogens with one attached hydrogen (secondary N) is 1. The van der Waals surface area contributed by atoms with Crippen molar-refractivity contribution in [2.75, 3.05) is 43.7 Å². The molecule has 1 aliphatic heterocycles. The molecule has 0 atom stereocenters. The van der Waals surface area contributed by atoms with Crippen LogP contribution < -0.4 is 20.6 Å². The molecule has 2 aromatic carbocycles. The smallest absolute Gasteiger partial charge is 0.433 e. The van der Waals surface area contributed by atoms with Gasteiger partial charge < -0.3 is 18.9 Å². The summed E-state index contributed by atoms with van der Waals surface area (Å²) >= 11 is 0. The van der Waals surface area contributed by atoms with E-state index >= 15 is 0 Å². The number of para-hydroxylation sites is 3. The Bertz CT molecular complexity index is 1330. The Kier molecular flexibility index (Phi) is 9.47. The predicted octanol–water partition coefficient (Wildman–Crippen LogP) is 3.81. The number of nitrogens with zero attached hydrogens (tertiary/aromatic N) is 5. The first-order valence-electron chi connectivity index (χ1n) is 13.2. The molecule has 1 aliphatic rings. The summed E-state index contributed by atoms with van der Waals surface area (Å²) in [6, 6.07) is 14.5. The number of aromatic nitrogens is 3. The van der Waals surface area contributed by atoms with Crippen LogP contribution in [0.1, 0.15) is 40.5 Å². The molecule has 2 heterocycles. The lowest BCUT2D eigenvalue weighted by atomic mass is 10.0. The molecule has 14 heteroatoms. The summed E-state index contributed by atoms with van der Waals surface area (Å²) in [5, 5.41) is 10.7. The maximum absolute atomic E-state index is 12.2. The van der Waals surface area contributed by atoms with Crippen LogP contribution in [0.2, 0.25) is 0 Å². The maximum atomic E-state index is 12.2. The van der Waals surface area contributed by atoms with Gasteiger partial charge in [0.2, 0.25) is 0 Å². The van der Waals surface area contributed by atoms with E-state index in [0.29, 0.717) is 36.2 Å². The highest BCUT2D eigenvalue weighted by Gasteiger charge is 2.28. The Balaban J connectivity index is 1.08. The zero-order chi connectivity index (χ0) is 29.5. The van der Waals surface area contributed by atoms with Gasteiger partial charge in [-0.25, -0.2) is 9.59 Å². The molecule has 0 radical (unpaired) electrons. The van der Waals surface area contributed by atoms with Crippen molar-refractivity contribution in [3.8, 4) is 0 Å².